The van der Waals surface area contributed by atoms with Gasteiger partial charge in [-0.2, -0.15) is 0 Å². The van der Waals surface area contributed by atoms with Gasteiger partial charge in [0.25, 0.3) is 0 Å². The van der Waals surface area contributed by atoms with Crippen LogP contribution in [-0.2, 0) is 4.79 Å². The van der Waals surface area contributed by atoms with E-state index in [-0.39, 0.29) is 12.5 Å². The van der Waals surface area contributed by atoms with Crippen molar-refractivity contribution in [1.82, 2.24) is 0 Å². The molecule has 5 heteroatoms. The van der Waals surface area contributed by atoms with Crippen molar-refractivity contribution in [2.45, 2.75) is 0 Å². The summed E-state index contributed by atoms with van der Waals surface area (Å²) in [6.07, 6.45) is 0. The third kappa shape index (κ3) is 4.84. The number of hydrogen-bond acceptors (Lipinski definition) is 3. The van der Waals surface area contributed by atoms with Crippen molar-refractivity contribution in [3.8, 4) is 11.5 Å². The van der Waals surface area contributed by atoms with Crippen LogP contribution in [0.15, 0.2) is 83.3 Å². The highest BCUT2D eigenvalue weighted by Crippen LogP contribution is 2.29. The first kappa shape index (κ1) is 17.0. The molecule has 3 aromatic rings. The quantitative estimate of drug-likeness (QED) is 0.594. The molecule has 126 valence electrons. The fraction of sp³-hybridized carbons (Fsp3) is 0.0500. The summed E-state index contributed by atoms with van der Waals surface area (Å²) in [4.78, 5) is 12.3. The smallest absolute Gasteiger partial charge is 0.243 e. The molecular formula is C20H17BrN2O2. The lowest BCUT2D eigenvalue weighted by Gasteiger charge is -2.13. The van der Waals surface area contributed by atoms with E-state index < -0.39 is 0 Å². The van der Waals surface area contributed by atoms with Gasteiger partial charge in [0.2, 0.25) is 5.91 Å². The molecule has 0 fully saturated rings. The molecule has 0 saturated carbocycles. The number of ether oxygens (including phenoxy) is 1. The fourth-order valence-corrected chi connectivity index (χ4v) is 2.67. The van der Waals surface area contributed by atoms with E-state index in [2.05, 4.69) is 26.6 Å². The Bertz CT molecular complexity index is 853. The first-order chi connectivity index (χ1) is 12.2. The molecule has 0 aliphatic rings. The maximum absolute atomic E-state index is 12.3. The third-order valence-corrected chi connectivity index (χ3v) is 4.14. The van der Waals surface area contributed by atoms with Crippen molar-refractivity contribution in [3.05, 3.63) is 83.3 Å². The van der Waals surface area contributed by atoms with Crippen LogP contribution < -0.4 is 15.4 Å². The van der Waals surface area contributed by atoms with Crippen LogP contribution in [0.1, 0.15) is 0 Å². The van der Waals surface area contributed by atoms with Crippen LogP contribution >= 0.6 is 15.9 Å². The van der Waals surface area contributed by atoms with Crippen LogP contribution in [0, 0.1) is 0 Å². The number of halogens is 1. The van der Waals surface area contributed by atoms with Gasteiger partial charge in [-0.25, -0.2) is 0 Å². The average molecular weight is 397 g/mol. The van der Waals surface area contributed by atoms with Crippen molar-refractivity contribution in [2.75, 3.05) is 17.2 Å². The van der Waals surface area contributed by atoms with Crippen molar-refractivity contribution in [3.63, 3.8) is 0 Å². The minimum Gasteiger partial charge on any atom is -0.455 e. The van der Waals surface area contributed by atoms with E-state index in [9.17, 15) is 4.79 Å². The Morgan fingerprint density at radius 2 is 1.48 bits per heavy atom. The molecule has 1 amide bonds. The van der Waals surface area contributed by atoms with Gasteiger partial charge in [-0.3, -0.25) is 4.79 Å². The molecule has 2 N–H and O–H groups in total. The van der Waals surface area contributed by atoms with Crippen LogP contribution in [0.4, 0.5) is 11.4 Å². The second-order valence-electron chi connectivity index (χ2n) is 5.29. The van der Waals surface area contributed by atoms with Crippen LogP contribution in [0.2, 0.25) is 0 Å². The highest BCUT2D eigenvalue weighted by Gasteiger charge is 2.09. The van der Waals surface area contributed by atoms with Gasteiger partial charge in [0, 0.05) is 10.2 Å². The molecule has 0 aliphatic heterocycles. The van der Waals surface area contributed by atoms with Crippen molar-refractivity contribution in [1.29, 1.82) is 0 Å². The van der Waals surface area contributed by atoms with Crippen molar-refractivity contribution >= 4 is 33.2 Å². The molecule has 0 unspecified atom stereocenters. The maximum Gasteiger partial charge on any atom is 0.243 e. The minimum absolute atomic E-state index is 0.153. The number of benzene rings is 3. The van der Waals surface area contributed by atoms with E-state index >= 15 is 0 Å². The average Bonchev–Trinajstić information content (AvgIpc) is 2.64. The van der Waals surface area contributed by atoms with Gasteiger partial charge in [0.15, 0.2) is 5.75 Å². The summed E-state index contributed by atoms with van der Waals surface area (Å²) < 4.78 is 6.76. The number of rotatable bonds is 6. The third-order valence-electron chi connectivity index (χ3n) is 3.45. The summed E-state index contributed by atoms with van der Waals surface area (Å²) >= 11 is 3.45. The Labute approximate surface area is 155 Å². The van der Waals surface area contributed by atoms with Crippen LogP contribution in [0.3, 0.4) is 0 Å². The summed E-state index contributed by atoms with van der Waals surface area (Å²) in [6, 6.07) is 24.5. The fourth-order valence-electron chi connectivity index (χ4n) is 2.25. The van der Waals surface area contributed by atoms with Crippen LogP contribution in [-0.4, -0.2) is 12.5 Å². The maximum atomic E-state index is 12.3. The molecule has 0 spiro atoms. The molecule has 0 atom stereocenters. The number of hydrogen-bond donors (Lipinski definition) is 2. The van der Waals surface area contributed by atoms with Gasteiger partial charge in [-0.15, -0.1) is 0 Å². The molecule has 0 bridgehead atoms. The van der Waals surface area contributed by atoms with E-state index in [0.29, 0.717) is 11.4 Å². The Morgan fingerprint density at radius 3 is 2.24 bits per heavy atom. The zero-order valence-electron chi connectivity index (χ0n) is 13.4. The van der Waals surface area contributed by atoms with Crippen molar-refractivity contribution < 1.29 is 9.53 Å². The first-order valence-electron chi connectivity index (χ1n) is 7.82. The number of carbonyl (C=O) groups is 1. The van der Waals surface area contributed by atoms with E-state index in [1.54, 1.807) is 0 Å². The van der Waals surface area contributed by atoms with Gasteiger partial charge >= 0.3 is 0 Å². The number of amides is 1. The van der Waals surface area contributed by atoms with Gasteiger partial charge < -0.3 is 15.4 Å². The largest absolute Gasteiger partial charge is 0.455 e. The summed E-state index contributed by atoms with van der Waals surface area (Å²) in [5, 5.41) is 5.98. The zero-order valence-corrected chi connectivity index (χ0v) is 15.0. The molecule has 3 aromatic carbocycles. The van der Waals surface area contributed by atoms with Gasteiger partial charge in [-0.1, -0.05) is 42.5 Å². The highest BCUT2D eigenvalue weighted by molar-refractivity contribution is 9.10. The molecule has 0 aromatic heterocycles. The van der Waals surface area contributed by atoms with E-state index in [1.807, 2.05) is 78.9 Å². The Hall–Kier alpha value is -2.79. The van der Waals surface area contributed by atoms with Crippen LogP contribution in [0.25, 0.3) is 0 Å². The number of nitrogens with one attached hydrogen (secondary N) is 2. The molecule has 4 nitrogen and oxygen atoms in total. The number of anilines is 2. The standard InChI is InChI=1S/C20H17BrN2O2/c21-16-10-4-5-11-17(16)22-14-20(24)23-18-12-6-7-13-19(18)25-15-8-2-1-3-9-15/h1-13,22H,14H2,(H,23,24). The van der Waals surface area contributed by atoms with Gasteiger partial charge in [0.05, 0.1) is 12.2 Å². The molecule has 0 radical (unpaired) electrons. The molecule has 0 saturated heterocycles. The normalized spacial score (nSPS) is 10.1. The first-order valence-corrected chi connectivity index (χ1v) is 8.62. The summed E-state index contributed by atoms with van der Waals surface area (Å²) in [5.74, 6) is 1.17. The monoisotopic (exact) mass is 396 g/mol. The summed E-state index contributed by atoms with van der Waals surface area (Å²) in [6.45, 7) is 0.155. The lowest BCUT2D eigenvalue weighted by molar-refractivity contribution is -0.114. The van der Waals surface area contributed by atoms with Crippen molar-refractivity contribution in [2.24, 2.45) is 0 Å². The second kappa shape index (κ2) is 8.35. The number of carbonyl (C=O) groups excluding carboxylic acids is 1. The summed E-state index contributed by atoms with van der Waals surface area (Å²) in [7, 11) is 0. The van der Waals surface area contributed by atoms with E-state index in [1.165, 1.54) is 0 Å². The highest BCUT2D eigenvalue weighted by atomic mass is 79.9. The molecule has 0 aliphatic carbocycles. The predicted octanol–water partition coefficient (Wildman–Crippen LogP) is 5.29. The Balaban J connectivity index is 1.64. The second-order valence-corrected chi connectivity index (χ2v) is 6.15. The molecular weight excluding hydrogens is 380 g/mol. The lowest BCUT2D eigenvalue weighted by Crippen LogP contribution is -2.22. The lowest BCUT2D eigenvalue weighted by atomic mass is 10.2. The Morgan fingerprint density at radius 1 is 0.840 bits per heavy atom. The molecule has 25 heavy (non-hydrogen) atoms. The predicted molar refractivity (Wildman–Crippen MR) is 104 cm³/mol. The zero-order chi connectivity index (χ0) is 17.5. The van der Waals surface area contributed by atoms with Gasteiger partial charge in [-0.05, 0) is 52.3 Å². The number of para-hydroxylation sites is 4. The van der Waals surface area contributed by atoms with E-state index in [0.717, 1.165) is 15.9 Å². The topological polar surface area (TPSA) is 50.4 Å². The van der Waals surface area contributed by atoms with Gasteiger partial charge in [0.1, 0.15) is 5.75 Å². The van der Waals surface area contributed by atoms with Crippen LogP contribution in [0.5, 0.6) is 11.5 Å². The SMILES string of the molecule is O=C(CNc1ccccc1Br)Nc1ccccc1Oc1ccccc1. The Kier molecular flexibility index (Phi) is 5.69. The minimum atomic E-state index is -0.153. The molecule has 3 rings (SSSR count). The van der Waals surface area contributed by atoms with E-state index in [4.69, 9.17) is 4.74 Å². The summed E-state index contributed by atoms with van der Waals surface area (Å²) in [5.41, 5.74) is 1.50. The molecule has 0 heterocycles.